The molecule has 1 aliphatic carbocycles. The number of rotatable bonds is 8. The molecule has 0 saturated heterocycles. The zero-order valence-electron chi connectivity index (χ0n) is 11.6. The van der Waals surface area contributed by atoms with E-state index in [0.29, 0.717) is 29.6 Å². The van der Waals surface area contributed by atoms with Gasteiger partial charge in [0.05, 0.1) is 17.2 Å². The Morgan fingerprint density at radius 3 is 3.00 bits per heavy atom. The van der Waals surface area contributed by atoms with Gasteiger partial charge in [0.15, 0.2) is 0 Å². The zero-order chi connectivity index (χ0) is 14.4. The Kier molecular flexibility index (Phi) is 5.61. The van der Waals surface area contributed by atoms with Crippen LogP contribution < -0.4 is 10.6 Å². The highest BCUT2D eigenvalue weighted by Gasteiger charge is 2.20. The number of anilines is 1. The van der Waals surface area contributed by atoms with E-state index < -0.39 is 0 Å². The van der Waals surface area contributed by atoms with E-state index in [1.54, 1.807) is 6.07 Å². The highest BCUT2D eigenvalue weighted by atomic mass is 35.5. The molecule has 0 aliphatic heterocycles. The van der Waals surface area contributed by atoms with E-state index >= 15 is 0 Å². The van der Waals surface area contributed by atoms with Gasteiger partial charge in [-0.25, -0.2) is 4.98 Å². The van der Waals surface area contributed by atoms with Crippen LogP contribution in [0.3, 0.4) is 0 Å². The standard InChI is InChI=1S/C14H20ClN3O2/c1-2-16-13-12(15)7-11(8-18-13)14(19)17-5-6-20-9-10-3-4-10/h7-8,10H,2-6,9H2,1H3,(H,16,18)(H,17,19). The first-order valence-electron chi connectivity index (χ1n) is 6.96. The van der Waals surface area contributed by atoms with Gasteiger partial charge in [-0.05, 0) is 31.7 Å². The molecule has 1 saturated carbocycles. The number of halogens is 1. The van der Waals surface area contributed by atoms with Crippen LogP contribution >= 0.6 is 11.6 Å². The maximum Gasteiger partial charge on any atom is 0.252 e. The number of amides is 1. The van der Waals surface area contributed by atoms with Crippen LogP contribution in [0.1, 0.15) is 30.1 Å². The Hall–Kier alpha value is -1.33. The SMILES string of the molecule is CCNc1ncc(C(=O)NCCOCC2CC2)cc1Cl. The number of nitrogens with one attached hydrogen (secondary N) is 2. The summed E-state index contributed by atoms with van der Waals surface area (Å²) in [6.07, 6.45) is 4.06. The van der Waals surface area contributed by atoms with Crippen molar-refractivity contribution in [2.75, 3.05) is 31.6 Å². The second kappa shape index (κ2) is 7.45. The highest BCUT2D eigenvalue weighted by molar-refractivity contribution is 6.33. The van der Waals surface area contributed by atoms with Gasteiger partial charge in [-0.3, -0.25) is 4.79 Å². The van der Waals surface area contributed by atoms with Crippen LogP contribution in [0.2, 0.25) is 5.02 Å². The van der Waals surface area contributed by atoms with Crippen molar-refractivity contribution in [2.45, 2.75) is 19.8 Å². The van der Waals surface area contributed by atoms with Gasteiger partial charge in [0.2, 0.25) is 0 Å². The van der Waals surface area contributed by atoms with E-state index in [2.05, 4.69) is 15.6 Å². The average Bonchev–Trinajstić information content (AvgIpc) is 3.25. The van der Waals surface area contributed by atoms with E-state index in [9.17, 15) is 4.79 Å². The maximum absolute atomic E-state index is 11.9. The quantitative estimate of drug-likeness (QED) is 0.723. The van der Waals surface area contributed by atoms with Crippen molar-refractivity contribution in [2.24, 2.45) is 5.92 Å². The molecule has 0 aromatic carbocycles. The van der Waals surface area contributed by atoms with Crippen LogP contribution in [-0.2, 0) is 4.74 Å². The molecule has 6 heteroatoms. The number of carbonyl (C=O) groups excluding carboxylic acids is 1. The fraction of sp³-hybridized carbons (Fsp3) is 0.571. The first kappa shape index (κ1) is 15.1. The lowest BCUT2D eigenvalue weighted by Gasteiger charge is -2.08. The van der Waals surface area contributed by atoms with E-state index in [0.717, 1.165) is 19.1 Å². The molecule has 1 aromatic rings. The number of carbonyl (C=O) groups is 1. The summed E-state index contributed by atoms with van der Waals surface area (Å²) in [5, 5.41) is 6.26. The molecule has 0 atom stereocenters. The summed E-state index contributed by atoms with van der Waals surface area (Å²) in [5.74, 6) is 1.16. The van der Waals surface area contributed by atoms with Crippen LogP contribution in [0.5, 0.6) is 0 Å². The van der Waals surface area contributed by atoms with Crippen molar-refractivity contribution in [3.8, 4) is 0 Å². The number of aromatic nitrogens is 1. The van der Waals surface area contributed by atoms with E-state index in [1.807, 2.05) is 6.92 Å². The smallest absolute Gasteiger partial charge is 0.252 e. The van der Waals surface area contributed by atoms with Crippen LogP contribution in [-0.4, -0.2) is 37.2 Å². The number of pyridine rings is 1. The third-order valence-electron chi connectivity index (χ3n) is 3.03. The molecule has 0 unspecified atom stereocenters. The fourth-order valence-corrected chi connectivity index (χ4v) is 1.97. The molecule has 5 nitrogen and oxygen atoms in total. The number of hydrogen-bond acceptors (Lipinski definition) is 4. The molecule has 1 heterocycles. The second-order valence-corrected chi connectivity index (χ2v) is 5.27. The third kappa shape index (κ3) is 4.65. The summed E-state index contributed by atoms with van der Waals surface area (Å²) in [7, 11) is 0. The largest absolute Gasteiger partial charge is 0.379 e. The molecular weight excluding hydrogens is 278 g/mol. The Labute approximate surface area is 124 Å². The molecule has 110 valence electrons. The molecule has 2 N–H and O–H groups in total. The molecule has 0 spiro atoms. The predicted molar refractivity (Wildman–Crippen MR) is 79.3 cm³/mol. The lowest BCUT2D eigenvalue weighted by molar-refractivity contribution is 0.0906. The van der Waals surface area contributed by atoms with E-state index in [-0.39, 0.29) is 5.91 Å². The van der Waals surface area contributed by atoms with Gasteiger partial charge in [0.25, 0.3) is 5.91 Å². The molecular formula is C14H20ClN3O2. The summed E-state index contributed by atoms with van der Waals surface area (Å²) in [6.45, 7) is 4.54. The molecule has 2 rings (SSSR count). The topological polar surface area (TPSA) is 63.2 Å². The minimum Gasteiger partial charge on any atom is -0.379 e. The zero-order valence-corrected chi connectivity index (χ0v) is 12.4. The lowest BCUT2D eigenvalue weighted by Crippen LogP contribution is -2.27. The molecule has 1 aromatic heterocycles. The molecule has 0 bridgehead atoms. The summed E-state index contributed by atoms with van der Waals surface area (Å²) < 4.78 is 5.45. The van der Waals surface area contributed by atoms with Crippen molar-refractivity contribution in [3.63, 3.8) is 0 Å². The van der Waals surface area contributed by atoms with Gasteiger partial charge in [-0.2, -0.15) is 0 Å². The van der Waals surface area contributed by atoms with Gasteiger partial charge < -0.3 is 15.4 Å². The van der Waals surface area contributed by atoms with Gasteiger partial charge in [0, 0.05) is 25.9 Å². The number of nitrogens with zero attached hydrogens (tertiary/aromatic N) is 1. The van der Waals surface area contributed by atoms with Gasteiger partial charge in [-0.1, -0.05) is 11.6 Å². The molecule has 1 aliphatic rings. The van der Waals surface area contributed by atoms with Crippen molar-refractivity contribution < 1.29 is 9.53 Å². The Balaban J connectivity index is 1.74. The van der Waals surface area contributed by atoms with E-state index in [1.165, 1.54) is 19.0 Å². The number of ether oxygens (including phenoxy) is 1. The summed E-state index contributed by atoms with van der Waals surface area (Å²) in [6, 6.07) is 1.62. The molecule has 1 fully saturated rings. The van der Waals surface area contributed by atoms with Crippen molar-refractivity contribution >= 4 is 23.3 Å². The molecule has 0 radical (unpaired) electrons. The Morgan fingerprint density at radius 2 is 2.35 bits per heavy atom. The fourth-order valence-electron chi connectivity index (χ4n) is 1.73. The Morgan fingerprint density at radius 1 is 1.55 bits per heavy atom. The molecule has 20 heavy (non-hydrogen) atoms. The van der Waals surface area contributed by atoms with Crippen molar-refractivity contribution in [1.82, 2.24) is 10.3 Å². The van der Waals surface area contributed by atoms with Gasteiger partial charge in [0.1, 0.15) is 5.82 Å². The average molecular weight is 298 g/mol. The van der Waals surface area contributed by atoms with Crippen LogP contribution in [0, 0.1) is 5.92 Å². The minimum absolute atomic E-state index is 0.183. The predicted octanol–water partition coefficient (Wildman–Crippen LogP) is 2.32. The monoisotopic (exact) mass is 297 g/mol. The van der Waals surface area contributed by atoms with Gasteiger partial charge in [-0.15, -0.1) is 0 Å². The maximum atomic E-state index is 11.9. The third-order valence-corrected chi connectivity index (χ3v) is 3.32. The Bertz CT molecular complexity index is 464. The van der Waals surface area contributed by atoms with Crippen LogP contribution in [0.15, 0.2) is 12.3 Å². The summed E-state index contributed by atoms with van der Waals surface area (Å²) in [4.78, 5) is 16.0. The summed E-state index contributed by atoms with van der Waals surface area (Å²) >= 11 is 6.05. The minimum atomic E-state index is -0.183. The van der Waals surface area contributed by atoms with Crippen LogP contribution in [0.25, 0.3) is 0 Å². The first-order chi connectivity index (χ1) is 9.70. The number of hydrogen-bond donors (Lipinski definition) is 2. The van der Waals surface area contributed by atoms with Crippen molar-refractivity contribution in [1.29, 1.82) is 0 Å². The van der Waals surface area contributed by atoms with Crippen LogP contribution in [0.4, 0.5) is 5.82 Å². The second-order valence-electron chi connectivity index (χ2n) is 4.86. The summed E-state index contributed by atoms with van der Waals surface area (Å²) in [5.41, 5.74) is 0.457. The normalized spacial score (nSPS) is 14.1. The molecule has 1 amide bonds. The van der Waals surface area contributed by atoms with Crippen molar-refractivity contribution in [3.05, 3.63) is 22.8 Å². The van der Waals surface area contributed by atoms with Gasteiger partial charge >= 0.3 is 0 Å². The van der Waals surface area contributed by atoms with E-state index in [4.69, 9.17) is 16.3 Å². The lowest BCUT2D eigenvalue weighted by atomic mass is 10.2. The highest BCUT2D eigenvalue weighted by Crippen LogP contribution is 2.28. The first-order valence-corrected chi connectivity index (χ1v) is 7.34.